The third-order valence-electron chi connectivity index (χ3n) is 7.52. The SMILES string of the molecule is COc1ccc(C)cc1N(CC(=O)N(Cc1ccc(Cl)cc1)C(Cc1ccccc1)C(=O)NC1CCCC1)S(C)(=O)=O. The van der Waals surface area contributed by atoms with Crippen LogP contribution in [-0.4, -0.2) is 57.1 Å². The molecule has 1 N–H and O–H groups in total. The average Bonchev–Trinajstić information content (AvgIpc) is 3.47. The minimum atomic E-state index is -3.91. The zero-order chi connectivity index (χ0) is 30.3. The van der Waals surface area contributed by atoms with Gasteiger partial charge in [-0.25, -0.2) is 8.42 Å². The van der Waals surface area contributed by atoms with Gasteiger partial charge in [-0.3, -0.25) is 13.9 Å². The number of carbonyl (C=O) groups excluding carboxylic acids is 2. The van der Waals surface area contributed by atoms with E-state index in [-0.39, 0.29) is 30.6 Å². The molecule has 1 unspecified atom stereocenters. The lowest BCUT2D eigenvalue weighted by Gasteiger charge is -2.34. The summed E-state index contributed by atoms with van der Waals surface area (Å²) in [5, 5.41) is 3.71. The molecule has 1 fully saturated rings. The minimum absolute atomic E-state index is 0.0485. The van der Waals surface area contributed by atoms with E-state index in [1.165, 1.54) is 12.0 Å². The topological polar surface area (TPSA) is 96.0 Å². The Morgan fingerprint density at radius 1 is 1.00 bits per heavy atom. The Morgan fingerprint density at radius 3 is 2.29 bits per heavy atom. The van der Waals surface area contributed by atoms with E-state index in [4.69, 9.17) is 16.3 Å². The molecule has 10 heteroatoms. The fourth-order valence-corrected chi connectivity index (χ4v) is 6.27. The summed E-state index contributed by atoms with van der Waals surface area (Å²) in [7, 11) is -2.46. The molecule has 0 bridgehead atoms. The van der Waals surface area contributed by atoms with Gasteiger partial charge < -0.3 is 15.0 Å². The van der Waals surface area contributed by atoms with Gasteiger partial charge in [-0.2, -0.15) is 0 Å². The van der Waals surface area contributed by atoms with Crippen molar-refractivity contribution in [2.45, 2.75) is 57.7 Å². The van der Waals surface area contributed by atoms with Gasteiger partial charge in [0.25, 0.3) is 0 Å². The van der Waals surface area contributed by atoms with Gasteiger partial charge in [0.15, 0.2) is 0 Å². The standard InChI is InChI=1S/C32H38ClN3O5S/c1-23-13-18-30(41-2)28(19-23)36(42(3,39)40)22-31(37)35(21-25-14-16-26(33)17-15-25)29(20-24-9-5-4-6-10-24)32(38)34-27-11-7-8-12-27/h4-6,9-10,13-19,27,29H,7-8,11-12,20-22H2,1-3H3,(H,34,38). The molecule has 2 amide bonds. The predicted octanol–water partition coefficient (Wildman–Crippen LogP) is 5.12. The number of nitrogens with zero attached hydrogens (tertiary/aromatic N) is 2. The van der Waals surface area contributed by atoms with Crippen LogP contribution in [0, 0.1) is 6.92 Å². The molecule has 0 aromatic heterocycles. The van der Waals surface area contributed by atoms with E-state index in [0.717, 1.165) is 52.9 Å². The zero-order valence-corrected chi connectivity index (χ0v) is 25.8. The highest BCUT2D eigenvalue weighted by Crippen LogP contribution is 2.31. The molecule has 42 heavy (non-hydrogen) atoms. The van der Waals surface area contributed by atoms with Gasteiger partial charge >= 0.3 is 0 Å². The number of hydrogen-bond donors (Lipinski definition) is 1. The monoisotopic (exact) mass is 611 g/mol. The smallest absolute Gasteiger partial charge is 0.244 e. The summed E-state index contributed by atoms with van der Waals surface area (Å²) in [6.45, 7) is 1.42. The number of benzene rings is 3. The Labute approximate surface area is 253 Å². The van der Waals surface area contributed by atoms with Gasteiger partial charge in [0.05, 0.1) is 19.1 Å². The molecular weight excluding hydrogens is 574 g/mol. The van der Waals surface area contributed by atoms with Crippen LogP contribution < -0.4 is 14.4 Å². The molecular formula is C32H38ClN3O5S. The second-order valence-corrected chi connectivity index (χ2v) is 13.1. The van der Waals surface area contributed by atoms with Crippen LogP contribution in [0.15, 0.2) is 72.8 Å². The number of anilines is 1. The first-order valence-electron chi connectivity index (χ1n) is 14.1. The lowest BCUT2D eigenvalue weighted by atomic mass is 10.0. The first-order chi connectivity index (χ1) is 20.0. The van der Waals surface area contributed by atoms with Crippen LogP contribution in [0.3, 0.4) is 0 Å². The van der Waals surface area contributed by atoms with E-state index in [1.54, 1.807) is 42.5 Å². The van der Waals surface area contributed by atoms with Crippen LogP contribution in [-0.2, 0) is 32.6 Å². The summed E-state index contributed by atoms with van der Waals surface area (Å²) in [5.41, 5.74) is 2.72. The predicted molar refractivity (Wildman–Crippen MR) is 166 cm³/mol. The Bertz CT molecular complexity index is 1480. The second-order valence-electron chi connectivity index (χ2n) is 10.8. The molecule has 224 valence electrons. The van der Waals surface area contributed by atoms with E-state index in [2.05, 4.69) is 5.32 Å². The maximum atomic E-state index is 14.3. The van der Waals surface area contributed by atoms with Crippen molar-refractivity contribution in [1.82, 2.24) is 10.2 Å². The molecule has 1 saturated carbocycles. The van der Waals surface area contributed by atoms with Crippen molar-refractivity contribution in [3.05, 3.63) is 94.5 Å². The summed E-state index contributed by atoms with van der Waals surface area (Å²) < 4.78 is 32.7. The first kappa shape index (κ1) is 31.4. The van der Waals surface area contributed by atoms with E-state index < -0.39 is 28.5 Å². The summed E-state index contributed by atoms with van der Waals surface area (Å²) in [6.07, 6.45) is 5.20. The van der Waals surface area contributed by atoms with Crippen LogP contribution in [0.25, 0.3) is 0 Å². The molecule has 4 rings (SSSR count). The summed E-state index contributed by atoms with van der Waals surface area (Å²) >= 11 is 6.12. The van der Waals surface area contributed by atoms with Crippen LogP contribution in [0.2, 0.25) is 5.02 Å². The summed E-state index contributed by atoms with van der Waals surface area (Å²) in [4.78, 5) is 29.7. The highest BCUT2D eigenvalue weighted by molar-refractivity contribution is 7.92. The summed E-state index contributed by atoms with van der Waals surface area (Å²) in [5.74, 6) is -0.448. The van der Waals surface area contributed by atoms with E-state index in [9.17, 15) is 18.0 Å². The number of rotatable bonds is 12. The number of methoxy groups -OCH3 is 1. The van der Waals surface area contributed by atoms with E-state index in [0.29, 0.717) is 10.8 Å². The van der Waals surface area contributed by atoms with Crippen molar-refractivity contribution in [2.75, 3.05) is 24.2 Å². The molecule has 3 aromatic rings. The molecule has 1 aliphatic rings. The summed E-state index contributed by atoms with van der Waals surface area (Å²) in [6, 6.07) is 20.9. The van der Waals surface area contributed by atoms with Gasteiger partial charge in [0.1, 0.15) is 18.3 Å². The largest absolute Gasteiger partial charge is 0.495 e. The van der Waals surface area contributed by atoms with Crippen molar-refractivity contribution in [3.8, 4) is 5.75 Å². The Kier molecular flexibility index (Phi) is 10.5. The zero-order valence-electron chi connectivity index (χ0n) is 24.3. The Hall–Kier alpha value is -3.56. The van der Waals surface area contributed by atoms with Crippen LogP contribution in [0.1, 0.15) is 42.4 Å². The van der Waals surface area contributed by atoms with Gasteiger partial charge in [-0.1, -0.05) is 73.0 Å². The van der Waals surface area contributed by atoms with Gasteiger partial charge in [-0.15, -0.1) is 0 Å². The normalized spacial score (nSPS) is 14.3. The maximum absolute atomic E-state index is 14.3. The van der Waals surface area contributed by atoms with Crippen molar-refractivity contribution in [2.24, 2.45) is 0 Å². The number of halogens is 1. The number of hydrogen-bond acceptors (Lipinski definition) is 5. The number of ether oxygens (including phenoxy) is 1. The average molecular weight is 612 g/mol. The first-order valence-corrected chi connectivity index (χ1v) is 16.3. The third-order valence-corrected chi connectivity index (χ3v) is 8.90. The molecule has 0 saturated heterocycles. The number of sulfonamides is 1. The number of carbonyl (C=O) groups is 2. The van der Waals surface area contributed by atoms with Gasteiger partial charge in [-0.05, 0) is 60.7 Å². The van der Waals surface area contributed by atoms with Crippen LogP contribution in [0.5, 0.6) is 5.75 Å². The quantitative estimate of drug-likeness (QED) is 0.307. The van der Waals surface area contributed by atoms with Crippen LogP contribution in [0.4, 0.5) is 5.69 Å². The second kappa shape index (κ2) is 14.1. The lowest BCUT2D eigenvalue weighted by Crippen LogP contribution is -2.54. The fourth-order valence-electron chi connectivity index (χ4n) is 5.30. The van der Waals surface area contributed by atoms with Gasteiger partial charge in [0, 0.05) is 24.0 Å². The lowest BCUT2D eigenvalue weighted by molar-refractivity contribution is -0.140. The Morgan fingerprint density at radius 2 is 1.67 bits per heavy atom. The molecule has 0 spiro atoms. The van der Waals surface area contributed by atoms with Crippen molar-refractivity contribution in [1.29, 1.82) is 0 Å². The van der Waals surface area contributed by atoms with E-state index >= 15 is 0 Å². The van der Waals surface area contributed by atoms with E-state index in [1.807, 2.05) is 37.3 Å². The van der Waals surface area contributed by atoms with Gasteiger partial charge in [0.2, 0.25) is 21.8 Å². The molecule has 1 atom stereocenters. The maximum Gasteiger partial charge on any atom is 0.244 e. The Balaban J connectivity index is 1.75. The molecule has 1 aliphatic carbocycles. The van der Waals surface area contributed by atoms with Crippen molar-refractivity contribution in [3.63, 3.8) is 0 Å². The highest BCUT2D eigenvalue weighted by atomic mass is 35.5. The third kappa shape index (κ3) is 8.26. The molecule has 0 heterocycles. The number of nitrogens with one attached hydrogen (secondary N) is 1. The number of aryl methyl sites for hydroxylation is 1. The van der Waals surface area contributed by atoms with Crippen molar-refractivity contribution >= 4 is 39.1 Å². The number of amides is 2. The molecule has 0 aliphatic heterocycles. The fraction of sp³-hybridized carbons (Fsp3) is 0.375. The highest BCUT2D eigenvalue weighted by Gasteiger charge is 2.34. The molecule has 0 radical (unpaired) electrons. The van der Waals surface area contributed by atoms with Crippen molar-refractivity contribution < 1.29 is 22.7 Å². The molecule has 8 nitrogen and oxygen atoms in total. The van der Waals surface area contributed by atoms with Crippen LogP contribution >= 0.6 is 11.6 Å². The minimum Gasteiger partial charge on any atom is -0.495 e. The molecule has 3 aromatic carbocycles.